The number of aromatic carboxylic acids is 1. The number of nitrogens with zero attached hydrogens (tertiary/aromatic N) is 2. The molecular weight excluding hydrogens is 272 g/mol. The Morgan fingerprint density at radius 3 is 2.90 bits per heavy atom. The molecule has 0 saturated heterocycles. The molecule has 112 valence electrons. The molecule has 0 spiro atoms. The van der Waals surface area contributed by atoms with Crippen LogP contribution in [0.5, 0.6) is 5.75 Å². The van der Waals surface area contributed by atoms with E-state index in [0.29, 0.717) is 30.8 Å². The van der Waals surface area contributed by atoms with Crippen LogP contribution in [0.3, 0.4) is 0 Å². The molecule has 0 aliphatic heterocycles. The summed E-state index contributed by atoms with van der Waals surface area (Å²) in [4.78, 5) is 11.2. The Bertz CT molecular complexity index is 622. The Kier molecular flexibility index (Phi) is 4.94. The van der Waals surface area contributed by atoms with Gasteiger partial charge in [-0.05, 0) is 31.9 Å². The second-order valence-electron chi connectivity index (χ2n) is 4.51. The first-order chi connectivity index (χ1) is 10.2. The summed E-state index contributed by atoms with van der Waals surface area (Å²) in [6, 6.07) is 7.30. The van der Waals surface area contributed by atoms with Crippen molar-refractivity contribution in [3.05, 3.63) is 41.7 Å². The molecule has 2 N–H and O–H groups in total. The minimum Gasteiger partial charge on any atom is -0.494 e. The third-order valence-corrected chi connectivity index (χ3v) is 2.99. The number of aliphatic hydroxyl groups excluding tert-OH is 1. The predicted octanol–water partition coefficient (Wildman–Crippen LogP) is 1.89. The maximum absolute atomic E-state index is 11.2. The molecule has 0 atom stereocenters. The summed E-state index contributed by atoms with van der Waals surface area (Å²) in [6.45, 7) is 2.48. The van der Waals surface area contributed by atoms with E-state index in [1.54, 1.807) is 12.3 Å². The monoisotopic (exact) mass is 290 g/mol. The van der Waals surface area contributed by atoms with Crippen LogP contribution in [0.2, 0.25) is 0 Å². The highest BCUT2D eigenvalue weighted by molar-refractivity contribution is 5.87. The fraction of sp³-hybridized carbons (Fsp3) is 0.333. The van der Waals surface area contributed by atoms with Crippen molar-refractivity contribution in [2.24, 2.45) is 0 Å². The second-order valence-corrected chi connectivity index (χ2v) is 4.51. The Balaban J connectivity index is 2.35. The van der Waals surface area contributed by atoms with E-state index in [-0.39, 0.29) is 12.3 Å². The smallest absolute Gasteiger partial charge is 0.356 e. The van der Waals surface area contributed by atoms with E-state index in [1.165, 1.54) is 4.68 Å². The van der Waals surface area contributed by atoms with Crippen molar-refractivity contribution in [3.8, 4) is 11.4 Å². The van der Waals surface area contributed by atoms with Crippen molar-refractivity contribution >= 4 is 5.97 Å². The number of hydrogen-bond donors (Lipinski definition) is 2. The zero-order chi connectivity index (χ0) is 15.2. The standard InChI is InChI=1S/C15H18N2O4/c1-2-21-13-7-3-6-12(9-13)17-10-11(5-4-8-18)14(16-17)15(19)20/h3,6-7,9-10,18H,2,4-5,8H2,1H3,(H,19,20). The number of benzene rings is 1. The fourth-order valence-corrected chi connectivity index (χ4v) is 2.06. The van der Waals surface area contributed by atoms with Crippen LogP contribution in [0.25, 0.3) is 5.69 Å². The number of aliphatic hydroxyl groups is 1. The molecular formula is C15H18N2O4. The molecule has 0 saturated carbocycles. The summed E-state index contributed by atoms with van der Waals surface area (Å²) in [6.07, 6.45) is 2.67. The number of hydrogen-bond acceptors (Lipinski definition) is 4. The van der Waals surface area contributed by atoms with Crippen LogP contribution in [-0.2, 0) is 6.42 Å². The van der Waals surface area contributed by atoms with Gasteiger partial charge in [-0.25, -0.2) is 9.48 Å². The Labute approximate surface area is 122 Å². The van der Waals surface area contributed by atoms with Crippen molar-refractivity contribution in [1.29, 1.82) is 0 Å². The van der Waals surface area contributed by atoms with Gasteiger partial charge in [0.1, 0.15) is 5.75 Å². The summed E-state index contributed by atoms with van der Waals surface area (Å²) in [5, 5.41) is 22.2. The molecule has 1 aromatic heterocycles. The number of ether oxygens (including phenoxy) is 1. The molecule has 6 nitrogen and oxygen atoms in total. The molecule has 2 rings (SSSR count). The molecule has 0 fully saturated rings. The van der Waals surface area contributed by atoms with Gasteiger partial charge in [0.15, 0.2) is 5.69 Å². The topological polar surface area (TPSA) is 84.6 Å². The molecule has 0 aliphatic rings. The lowest BCUT2D eigenvalue weighted by molar-refractivity contribution is 0.0688. The van der Waals surface area contributed by atoms with Crippen molar-refractivity contribution in [3.63, 3.8) is 0 Å². The summed E-state index contributed by atoms with van der Waals surface area (Å²) in [7, 11) is 0. The van der Waals surface area contributed by atoms with Crippen LogP contribution in [0, 0.1) is 0 Å². The molecule has 0 radical (unpaired) electrons. The van der Waals surface area contributed by atoms with Gasteiger partial charge in [0.05, 0.1) is 12.3 Å². The van der Waals surface area contributed by atoms with Gasteiger partial charge in [-0.3, -0.25) is 0 Å². The lowest BCUT2D eigenvalue weighted by Crippen LogP contribution is -2.03. The van der Waals surface area contributed by atoms with Crippen molar-refractivity contribution in [1.82, 2.24) is 9.78 Å². The minimum absolute atomic E-state index is 0.0179. The van der Waals surface area contributed by atoms with Crippen LogP contribution in [0.15, 0.2) is 30.5 Å². The van der Waals surface area contributed by atoms with Gasteiger partial charge in [-0.1, -0.05) is 6.07 Å². The lowest BCUT2D eigenvalue weighted by atomic mass is 10.1. The summed E-state index contributed by atoms with van der Waals surface area (Å²) < 4.78 is 6.95. The van der Waals surface area contributed by atoms with E-state index in [0.717, 1.165) is 5.69 Å². The molecule has 6 heteroatoms. The zero-order valence-electron chi connectivity index (χ0n) is 11.8. The van der Waals surface area contributed by atoms with E-state index >= 15 is 0 Å². The maximum Gasteiger partial charge on any atom is 0.356 e. The molecule has 1 heterocycles. The minimum atomic E-state index is -1.07. The highest BCUT2D eigenvalue weighted by Gasteiger charge is 2.16. The average Bonchev–Trinajstić information content (AvgIpc) is 2.90. The SMILES string of the molecule is CCOc1cccc(-n2cc(CCCO)c(C(=O)O)n2)c1. The predicted molar refractivity (Wildman–Crippen MR) is 77.1 cm³/mol. The van der Waals surface area contributed by atoms with Crippen LogP contribution in [-0.4, -0.2) is 39.2 Å². The summed E-state index contributed by atoms with van der Waals surface area (Å²) in [5.41, 5.74) is 1.36. The van der Waals surface area contributed by atoms with E-state index in [4.69, 9.17) is 9.84 Å². The molecule has 0 aliphatic carbocycles. The zero-order valence-corrected chi connectivity index (χ0v) is 11.8. The van der Waals surface area contributed by atoms with E-state index in [9.17, 15) is 9.90 Å². The average molecular weight is 290 g/mol. The third-order valence-electron chi connectivity index (χ3n) is 2.99. The number of aromatic nitrogens is 2. The first-order valence-corrected chi connectivity index (χ1v) is 6.81. The number of carboxylic acids is 1. The Morgan fingerprint density at radius 1 is 1.43 bits per heavy atom. The van der Waals surface area contributed by atoms with Gasteiger partial charge in [-0.2, -0.15) is 5.10 Å². The normalized spacial score (nSPS) is 10.6. The lowest BCUT2D eigenvalue weighted by Gasteiger charge is -2.05. The first kappa shape index (κ1) is 15.1. The highest BCUT2D eigenvalue weighted by atomic mass is 16.5. The molecule has 0 amide bonds. The number of rotatable bonds is 7. The maximum atomic E-state index is 11.2. The van der Waals surface area contributed by atoms with Crippen LogP contribution >= 0.6 is 0 Å². The van der Waals surface area contributed by atoms with Gasteiger partial charge >= 0.3 is 5.97 Å². The Hall–Kier alpha value is -2.34. The van der Waals surface area contributed by atoms with Crippen molar-refractivity contribution < 1.29 is 19.7 Å². The van der Waals surface area contributed by atoms with E-state index in [2.05, 4.69) is 5.10 Å². The van der Waals surface area contributed by atoms with E-state index < -0.39 is 5.97 Å². The van der Waals surface area contributed by atoms with Crippen molar-refractivity contribution in [2.45, 2.75) is 19.8 Å². The molecule has 2 aromatic rings. The quantitative estimate of drug-likeness (QED) is 0.813. The summed E-state index contributed by atoms with van der Waals surface area (Å²) in [5.74, 6) is -0.359. The van der Waals surface area contributed by atoms with Crippen LogP contribution < -0.4 is 4.74 Å². The largest absolute Gasteiger partial charge is 0.494 e. The van der Waals surface area contributed by atoms with E-state index in [1.807, 2.05) is 25.1 Å². The van der Waals surface area contributed by atoms with Crippen LogP contribution in [0.1, 0.15) is 29.4 Å². The number of aryl methyl sites for hydroxylation is 1. The Morgan fingerprint density at radius 2 is 2.24 bits per heavy atom. The third kappa shape index (κ3) is 3.61. The van der Waals surface area contributed by atoms with Crippen molar-refractivity contribution in [2.75, 3.05) is 13.2 Å². The van der Waals surface area contributed by atoms with Gasteiger partial charge in [-0.15, -0.1) is 0 Å². The number of carbonyl (C=O) groups is 1. The molecule has 0 unspecified atom stereocenters. The van der Waals surface area contributed by atoms with Gasteiger partial charge in [0.25, 0.3) is 0 Å². The second kappa shape index (κ2) is 6.90. The van der Waals surface area contributed by atoms with Gasteiger partial charge in [0.2, 0.25) is 0 Å². The van der Waals surface area contributed by atoms with Gasteiger partial charge < -0.3 is 14.9 Å². The first-order valence-electron chi connectivity index (χ1n) is 6.81. The summed E-state index contributed by atoms with van der Waals surface area (Å²) >= 11 is 0. The van der Waals surface area contributed by atoms with Gasteiger partial charge in [0, 0.05) is 24.4 Å². The highest BCUT2D eigenvalue weighted by Crippen LogP contribution is 2.19. The fourth-order valence-electron chi connectivity index (χ4n) is 2.06. The van der Waals surface area contributed by atoms with Crippen LogP contribution in [0.4, 0.5) is 0 Å². The molecule has 0 bridgehead atoms. The molecule has 21 heavy (non-hydrogen) atoms. The number of carboxylic acid groups (broad SMARTS) is 1. The molecule has 1 aromatic carbocycles.